The Hall–Kier alpha value is -1.36. The Morgan fingerprint density at radius 3 is 2.44 bits per heavy atom. The Balaban J connectivity index is 1.88. The SMILES string of the molecule is COc1ncc(OC2CCN(C)CC2)cn1. The molecule has 0 unspecified atom stereocenters. The van der Waals surface area contributed by atoms with Crippen LogP contribution in [0, 0.1) is 0 Å². The molecule has 1 aliphatic rings. The summed E-state index contributed by atoms with van der Waals surface area (Å²) in [5.41, 5.74) is 0. The zero-order valence-electron chi connectivity index (χ0n) is 9.72. The number of hydrogen-bond donors (Lipinski definition) is 0. The number of hydrogen-bond acceptors (Lipinski definition) is 5. The van der Waals surface area contributed by atoms with Crippen LogP contribution in [0.1, 0.15) is 12.8 Å². The summed E-state index contributed by atoms with van der Waals surface area (Å²) in [5, 5.41) is 0. The van der Waals surface area contributed by atoms with Crippen LogP contribution in [0.25, 0.3) is 0 Å². The van der Waals surface area contributed by atoms with Gasteiger partial charge in [-0.05, 0) is 19.9 Å². The van der Waals surface area contributed by atoms with Crippen molar-refractivity contribution in [2.45, 2.75) is 18.9 Å². The van der Waals surface area contributed by atoms with E-state index in [9.17, 15) is 0 Å². The first-order valence-corrected chi connectivity index (χ1v) is 5.49. The molecule has 1 aromatic rings. The Kier molecular flexibility index (Phi) is 3.56. The largest absolute Gasteiger partial charge is 0.487 e. The summed E-state index contributed by atoms with van der Waals surface area (Å²) >= 11 is 0. The third kappa shape index (κ3) is 2.82. The van der Waals surface area contributed by atoms with Crippen LogP contribution in [0.4, 0.5) is 0 Å². The van der Waals surface area contributed by atoms with Gasteiger partial charge in [0.15, 0.2) is 5.75 Å². The monoisotopic (exact) mass is 223 g/mol. The van der Waals surface area contributed by atoms with Gasteiger partial charge in [-0.15, -0.1) is 0 Å². The van der Waals surface area contributed by atoms with Crippen LogP contribution in [0.5, 0.6) is 11.8 Å². The van der Waals surface area contributed by atoms with Crippen molar-refractivity contribution < 1.29 is 9.47 Å². The van der Waals surface area contributed by atoms with Gasteiger partial charge in [0.1, 0.15) is 6.10 Å². The van der Waals surface area contributed by atoms with Crippen molar-refractivity contribution >= 4 is 0 Å². The Morgan fingerprint density at radius 2 is 1.88 bits per heavy atom. The van der Waals surface area contributed by atoms with Gasteiger partial charge in [-0.2, -0.15) is 9.97 Å². The molecule has 0 bridgehead atoms. The maximum absolute atomic E-state index is 5.80. The zero-order chi connectivity index (χ0) is 11.4. The molecule has 0 N–H and O–H groups in total. The normalized spacial score (nSPS) is 18.4. The molecule has 1 aromatic heterocycles. The molecular formula is C11H17N3O2. The van der Waals surface area contributed by atoms with Crippen molar-refractivity contribution in [1.82, 2.24) is 14.9 Å². The van der Waals surface area contributed by atoms with Crippen molar-refractivity contribution in [1.29, 1.82) is 0 Å². The molecule has 0 radical (unpaired) electrons. The van der Waals surface area contributed by atoms with E-state index in [-0.39, 0.29) is 6.10 Å². The molecule has 1 fully saturated rings. The summed E-state index contributed by atoms with van der Waals surface area (Å²) in [6.07, 6.45) is 5.72. The van der Waals surface area contributed by atoms with E-state index in [1.807, 2.05) is 0 Å². The number of rotatable bonds is 3. The molecule has 2 heterocycles. The van der Waals surface area contributed by atoms with E-state index < -0.39 is 0 Å². The molecule has 0 spiro atoms. The van der Waals surface area contributed by atoms with Crippen LogP contribution in [0.3, 0.4) is 0 Å². The Labute approximate surface area is 95.4 Å². The van der Waals surface area contributed by atoms with Crippen LogP contribution in [-0.2, 0) is 0 Å². The highest BCUT2D eigenvalue weighted by atomic mass is 16.5. The summed E-state index contributed by atoms with van der Waals surface area (Å²) in [5.74, 6) is 0.718. The first-order chi connectivity index (χ1) is 7.78. The predicted molar refractivity (Wildman–Crippen MR) is 59.7 cm³/mol. The fourth-order valence-corrected chi connectivity index (χ4v) is 1.77. The summed E-state index contributed by atoms with van der Waals surface area (Å²) < 4.78 is 10.7. The molecule has 0 aromatic carbocycles. The quantitative estimate of drug-likeness (QED) is 0.763. The van der Waals surface area contributed by atoms with Gasteiger partial charge in [0.25, 0.3) is 0 Å². The molecule has 1 aliphatic heterocycles. The highest BCUT2D eigenvalue weighted by Crippen LogP contribution is 2.17. The van der Waals surface area contributed by atoms with Crippen LogP contribution >= 0.6 is 0 Å². The van der Waals surface area contributed by atoms with Gasteiger partial charge in [-0.1, -0.05) is 0 Å². The highest BCUT2D eigenvalue weighted by molar-refractivity contribution is 5.14. The average Bonchev–Trinajstić information content (AvgIpc) is 2.33. The minimum absolute atomic E-state index is 0.285. The molecule has 0 atom stereocenters. The molecule has 5 heteroatoms. The number of ether oxygens (including phenoxy) is 2. The fraction of sp³-hybridized carbons (Fsp3) is 0.636. The molecule has 88 valence electrons. The van der Waals surface area contributed by atoms with Crippen molar-refractivity contribution in [3.8, 4) is 11.8 Å². The number of piperidine rings is 1. The first kappa shape index (κ1) is 11.1. The standard InChI is InChI=1S/C11H17N3O2/c1-14-5-3-9(4-6-14)16-10-7-12-11(15-2)13-8-10/h7-9H,3-6H2,1-2H3. The van der Waals surface area contributed by atoms with Crippen LogP contribution in [0.15, 0.2) is 12.4 Å². The summed E-state index contributed by atoms with van der Waals surface area (Å²) in [6, 6.07) is 0.371. The second kappa shape index (κ2) is 5.12. The van der Waals surface area contributed by atoms with Crippen LogP contribution < -0.4 is 9.47 Å². The molecule has 1 saturated heterocycles. The Morgan fingerprint density at radius 1 is 1.25 bits per heavy atom. The van der Waals surface area contributed by atoms with Crippen LogP contribution in [0.2, 0.25) is 0 Å². The third-order valence-corrected chi connectivity index (χ3v) is 2.76. The predicted octanol–water partition coefficient (Wildman–Crippen LogP) is 0.958. The van der Waals surface area contributed by atoms with Crippen LogP contribution in [-0.4, -0.2) is 48.2 Å². The average molecular weight is 223 g/mol. The minimum Gasteiger partial charge on any atom is -0.487 e. The Bertz CT molecular complexity index is 321. The van der Waals surface area contributed by atoms with Gasteiger partial charge in [0, 0.05) is 13.1 Å². The van der Waals surface area contributed by atoms with E-state index in [0.717, 1.165) is 31.7 Å². The van der Waals surface area contributed by atoms with E-state index in [1.165, 1.54) is 0 Å². The second-order valence-electron chi connectivity index (χ2n) is 4.03. The van der Waals surface area contributed by atoms with Gasteiger partial charge < -0.3 is 14.4 Å². The van der Waals surface area contributed by atoms with Crippen molar-refractivity contribution in [2.24, 2.45) is 0 Å². The van der Waals surface area contributed by atoms with Gasteiger partial charge in [0.2, 0.25) is 0 Å². The van der Waals surface area contributed by atoms with Gasteiger partial charge >= 0.3 is 6.01 Å². The van der Waals surface area contributed by atoms with E-state index in [0.29, 0.717) is 6.01 Å². The molecule has 0 saturated carbocycles. The lowest BCUT2D eigenvalue weighted by Crippen LogP contribution is -2.35. The molecule has 5 nitrogen and oxygen atoms in total. The maximum Gasteiger partial charge on any atom is 0.316 e. The van der Waals surface area contributed by atoms with Gasteiger partial charge in [0.05, 0.1) is 19.5 Å². The zero-order valence-corrected chi connectivity index (χ0v) is 9.72. The van der Waals surface area contributed by atoms with Crippen molar-refractivity contribution in [3.63, 3.8) is 0 Å². The van der Waals surface area contributed by atoms with Gasteiger partial charge in [-0.3, -0.25) is 0 Å². The van der Waals surface area contributed by atoms with E-state index in [4.69, 9.17) is 9.47 Å². The molecule has 0 amide bonds. The number of likely N-dealkylation sites (tertiary alicyclic amines) is 1. The number of nitrogens with zero attached hydrogens (tertiary/aromatic N) is 3. The molecule has 16 heavy (non-hydrogen) atoms. The topological polar surface area (TPSA) is 47.5 Å². The lowest BCUT2D eigenvalue weighted by molar-refractivity contribution is 0.113. The molecule has 0 aliphatic carbocycles. The lowest BCUT2D eigenvalue weighted by atomic mass is 10.1. The highest BCUT2D eigenvalue weighted by Gasteiger charge is 2.18. The molecule has 2 rings (SSSR count). The summed E-state index contributed by atoms with van der Waals surface area (Å²) in [6.45, 7) is 2.17. The summed E-state index contributed by atoms with van der Waals surface area (Å²) in [4.78, 5) is 10.3. The lowest BCUT2D eigenvalue weighted by Gasteiger charge is -2.29. The fourth-order valence-electron chi connectivity index (χ4n) is 1.77. The second-order valence-corrected chi connectivity index (χ2v) is 4.03. The smallest absolute Gasteiger partial charge is 0.316 e. The van der Waals surface area contributed by atoms with Crippen molar-refractivity contribution in [3.05, 3.63) is 12.4 Å². The van der Waals surface area contributed by atoms with E-state index in [2.05, 4.69) is 21.9 Å². The van der Waals surface area contributed by atoms with Gasteiger partial charge in [-0.25, -0.2) is 0 Å². The number of aromatic nitrogens is 2. The maximum atomic E-state index is 5.80. The third-order valence-electron chi connectivity index (χ3n) is 2.76. The minimum atomic E-state index is 0.285. The summed E-state index contributed by atoms with van der Waals surface area (Å²) in [7, 11) is 3.68. The van der Waals surface area contributed by atoms with Crippen molar-refractivity contribution in [2.75, 3.05) is 27.2 Å². The van der Waals surface area contributed by atoms with E-state index in [1.54, 1.807) is 19.5 Å². The van der Waals surface area contributed by atoms with E-state index >= 15 is 0 Å². The number of methoxy groups -OCH3 is 1. The first-order valence-electron chi connectivity index (χ1n) is 5.49. The molecular weight excluding hydrogens is 206 g/mol.